The van der Waals surface area contributed by atoms with E-state index in [-0.39, 0.29) is 28.4 Å². The fourth-order valence-electron chi connectivity index (χ4n) is 4.44. The number of carboxylic acid groups (broad SMARTS) is 1. The number of rotatable bonds is 1. The lowest BCUT2D eigenvalue weighted by molar-refractivity contribution is -0.148. The molecule has 0 aromatic rings. The van der Waals surface area contributed by atoms with Crippen LogP contribution in [0.25, 0.3) is 0 Å². The number of aliphatic carboxylic acids is 1. The van der Waals surface area contributed by atoms with E-state index in [9.17, 15) is 14.7 Å². The van der Waals surface area contributed by atoms with Crippen LogP contribution in [0.3, 0.4) is 0 Å². The summed E-state index contributed by atoms with van der Waals surface area (Å²) in [4.78, 5) is 23.3. The predicted molar refractivity (Wildman–Crippen MR) is 48.6 cm³/mol. The first-order valence-electron chi connectivity index (χ1n) is 5.09. The number of carboxylic acids is 1. The Morgan fingerprint density at radius 3 is 2.14 bits per heavy atom. The Kier molecular flexibility index (Phi) is 1.00. The fourth-order valence-corrected chi connectivity index (χ4v) is 4.44. The van der Waals surface area contributed by atoms with Gasteiger partial charge in [-0.05, 0) is 17.8 Å². The minimum absolute atomic E-state index is 0.132. The van der Waals surface area contributed by atoms with Crippen molar-refractivity contribution in [3.8, 4) is 0 Å². The molecule has 0 unspecified atom stereocenters. The molecule has 4 atom stereocenters. The minimum Gasteiger partial charge on any atom is -0.481 e. The highest BCUT2D eigenvalue weighted by atomic mass is 16.4. The number of ketones is 1. The van der Waals surface area contributed by atoms with Crippen molar-refractivity contribution in [3.63, 3.8) is 0 Å². The molecule has 14 heavy (non-hydrogen) atoms. The number of carbonyl (C=O) groups excluding carboxylic acids is 1. The van der Waals surface area contributed by atoms with Gasteiger partial charge in [0, 0.05) is 11.3 Å². The van der Waals surface area contributed by atoms with Crippen molar-refractivity contribution >= 4 is 11.8 Å². The summed E-state index contributed by atoms with van der Waals surface area (Å²) in [6.07, 6.45) is 0.788. The van der Waals surface area contributed by atoms with Crippen molar-refractivity contribution in [1.29, 1.82) is 0 Å². The van der Waals surface area contributed by atoms with Crippen molar-refractivity contribution < 1.29 is 14.7 Å². The molecule has 4 rings (SSSR count). The summed E-state index contributed by atoms with van der Waals surface area (Å²) in [6, 6.07) is 0. The third kappa shape index (κ3) is 0.421. The maximum atomic E-state index is 12.0. The summed E-state index contributed by atoms with van der Waals surface area (Å²) < 4.78 is 0. The second kappa shape index (κ2) is 1.66. The summed E-state index contributed by atoms with van der Waals surface area (Å²) >= 11 is 0. The smallest absolute Gasteiger partial charge is 0.311 e. The van der Waals surface area contributed by atoms with Crippen LogP contribution in [0, 0.1) is 28.1 Å². The zero-order chi connectivity index (χ0) is 10.5. The number of Topliss-reactive ketones (excluding diaryl/α,β-unsaturated/α-hetero) is 1. The van der Waals surface area contributed by atoms with Crippen molar-refractivity contribution in [2.45, 2.75) is 27.2 Å². The van der Waals surface area contributed by atoms with Crippen LogP contribution in [0.2, 0.25) is 0 Å². The monoisotopic (exact) mass is 194 g/mol. The van der Waals surface area contributed by atoms with Gasteiger partial charge in [0.2, 0.25) is 0 Å². The molecule has 0 aromatic heterocycles. The molecule has 4 fully saturated rings. The van der Waals surface area contributed by atoms with Crippen LogP contribution in [0.4, 0.5) is 0 Å². The quantitative estimate of drug-likeness (QED) is 0.685. The van der Waals surface area contributed by atoms with E-state index in [4.69, 9.17) is 0 Å². The highest BCUT2D eigenvalue weighted by molar-refractivity contribution is 6.06. The Hall–Kier alpha value is -0.860. The van der Waals surface area contributed by atoms with Gasteiger partial charge in [0.05, 0.1) is 5.41 Å². The molecule has 0 heterocycles. The largest absolute Gasteiger partial charge is 0.481 e. The summed E-state index contributed by atoms with van der Waals surface area (Å²) in [5.41, 5.74) is -1.45. The van der Waals surface area contributed by atoms with Crippen LogP contribution >= 0.6 is 0 Å². The fraction of sp³-hybridized carbons (Fsp3) is 0.818. The van der Waals surface area contributed by atoms with Gasteiger partial charge in [-0.1, -0.05) is 20.8 Å². The molecule has 4 aliphatic rings. The molecule has 4 saturated carbocycles. The molecule has 1 N–H and O–H groups in total. The predicted octanol–water partition coefficient (Wildman–Crippen LogP) is 1.32. The Morgan fingerprint density at radius 2 is 2.00 bits per heavy atom. The third-order valence-corrected chi connectivity index (χ3v) is 5.59. The third-order valence-electron chi connectivity index (χ3n) is 5.59. The van der Waals surface area contributed by atoms with E-state index in [1.54, 1.807) is 0 Å². The summed E-state index contributed by atoms with van der Waals surface area (Å²) in [6.45, 7) is 5.85. The second-order valence-electron chi connectivity index (χ2n) is 5.78. The number of hydrogen-bond acceptors (Lipinski definition) is 2. The highest BCUT2D eigenvalue weighted by Gasteiger charge is 2.94. The van der Waals surface area contributed by atoms with Crippen molar-refractivity contribution in [3.05, 3.63) is 0 Å². The topological polar surface area (TPSA) is 54.4 Å². The highest BCUT2D eigenvalue weighted by Crippen LogP contribution is 2.88. The molecular formula is C11H14O3. The lowest BCUT2D eigenvalue weighted by Crippen LogP contribution is -2.38. The zero-order valence-corrected chi connectivity index (χ0v) is 8.63. The SMILES string of the molecule is CC1(C)[C@]2(C(=O)O)[C@@H]3C[C@@]1(C)C(=O)[C@H]32. The Morgan fingerprint density at radius 1 is 1.43 bits per heavy atom. The average Bonchev–Trinajstić information content (AvgIpc) is 2.53. The van der Waals surface area contributed by atoms with E-state index in [2.05, 4.69) is 0 Å². The van der Waals surface area contributed by atoms with Gasteiger partial charge in [-0.2, -0.15) is 0 Å². The van der Waals surface area contributed by atoms with Gasteiger partial charge in [0.1, 0.15) is 5.78 Å². The van der Waals surface area contributed by atoms with E-state index >= 15 is 0 Å². The molecule has 0 saturated heterocycles. The molecule has 76 valence electrons. The Labute approximate surface area is 82.5 Å². The first-order valence-corrected chi connectivity index (χ1v) is 5.09. The maximum Gasteiger partial charge on any atom is 0.311 e. The standard InChI is InChI=1S/C11H14O3/c1-9(2)10(3)4-5-6(7(10)12)11(5,9)8(13)14/h5-6H,4H2,1-3H3,(H,13,14)/t5-,6+,10+,11-/m1/s1. The molecule has 0 radical (unpaired) electrons. The molecule has 0 aliphatic heterocycles. The van der Waals surface area contributed by atoms with Crippen molar-refractivity contribution in [2.75, 3.05) is 0 Å². The lowest BCUT2D eigenvalue weighted by Gasteiger charge is -2.35. The van der Waals surface area contributed by atoms with E-state index < -0.39 is 11.4 Å². The van der Waals surface area contributed by atoms with Crippen molar-refractivity contribution in [1.82, 2.24) is 0 Å². The zero-order valence-electron chi connectivity index (χ0n) is 8.63. The average molecular weight is 194 g/mol. The number of hydrogen-bond donors (Lipinski definition) is 1. The maximum absolute atomic E-state index is 12.0. The summed E-state index contributed by atoms with van der Waals surface area (Å²) in [5.74, 6) is -0.588. The first-order chi connectivity index (χ1) is 6.32. The van der Waals surface area contributed by atoms with Gasteiger partial charge in [-0.15, -0.1) is 0 Å². The molecular weight excluding hydrogens is 180 g/mol. The van der Waals surface area contributed by atoms with Crippen LogP contribution in [0.5, 0.6) is 0 Å². The van der Waals surface area contributed by atoms with E-state index in [1.807, 2.05) is 20.8 Å². The van der Waals surface area contributed by atoms with Gasteiger partial charge in [-0.3, -0.25) is 9.59 Å². The number of carbonyl (C=O) groups is 2. The van der Waals surface area contributed by atoms with Gasteiger partial charge >= 0.3 is 5.97 Å². The first kappa shape index (κ1) is 8.45. The molecule has 4 aliphatic carbocycles. The molecule has 3 heteroatoms. The van der Waals surface area contributed by atoms with Crippen LogP contribution in [-0.2, 0) is 9.59 Å². The van der Waals surface area contributed by atoms with Crippen LogP contribution < -0.4 is 0 Å². The summed E-state index contributed by atoms with van der Waals surface area (Å²) in [5, 5.41) is 9.33. The van der Waals surface area contributed by atoms with Gasteiger partial charge < -0.3 is 5.11 Å². The van der Waals surface area contributed by atoms with Gasteiger partial charge in [0.25, 0.3) is 0 Å². The van der Waals surface area contributed by atoms with E-state index in [0.29, 0.717) is 0 Å². The molecule has 3 nitrogen and oxygen atoms in total. The molecule has 4 bridgehead atoms. The van der Waals surface area contributed by atoms with Crippen LogP contribution in [-0.4, -0.2) is 16.9 Å². The Bertz CT molecular complexity index is 384. The van der Waals surface area contributed by atoms with Crippen LogP contribution in [0.1, 0.15) is 27.2 Å². The van der Waals surface area contributed by atoms with Gasteiger partial charge in [-0.25, -0.2) is 0 Å². The van der Waals surface area contributed by atoms with E-state index in [0.717, 1.165) is 6.42 Å². The lowest BCUT2D eigenvalue weighted by atomic mass is 9.66. The van der Waals surface area contributed by atoms with Crippen LogP contribution in [0.15, 0.2) is 0 Å². The summed E-state index contributed by atoms with van der Waals surface area (Å²) in [7, 11) is 0. The van der Waals surface area contributed by atoms with Crippen molar-refractivity contribution in [2.24, 2.45) is 28.1 Å². The van der Waals surface area contributed by atoms with Gasteiger partial charge in [0.15, 0.2) is 0 Å². The van der Waals surface area contributed by atoms with E-state index in [1.165, 1.54) is 0 Å². The Balaban J connectivity index is 2.26. The molecule has 0 aromatic carbocycles. The minimum atomic E-state index is -0.757. The normalized spacial score (nSPS) is 56.4. The second-order valence-corrected chi connectivity index (χ2v) is 5.78. The molecule has 0 amide bonds. The molecule has 0 spiro atoms.